The number of hydrogen-bond donors (Lipinski definition) is 1. The molecule has 2 rings (SSSR count). The monoisotopic (exact) mass is 233 g/mol. The van der Waals surface area contributed by atoms with Gasteiger partial charge in [0.05, 0.1) is 11.4 Å². The SMILES string of the molecule is Cc1nccnc1C(C)NC(C)C1CCCC1. The maximum Gasteiger partial charge on any atom is 0.0782 e. The highest BCUT2D eigenvalue weighted by Crippen LogP contribution is 2.28. The molecule has 0 amide bonds. The molecule has 0 bridgehead atoms. The average molecular weight is 233 g/mol. The van der Waals surface area contributed by atoms with Gasteiger partial charge in [0.2, 0.25) is 0 Å². The maximum absolute atomic E-state index is 4.43. The highest BCUT2D eigenvalue weighted by Gasteiger charge is 2.23. The molecule has 2 atom stereocenters. The van der Waals surface area contributed by atoms with Crippen molar-refractivity contribution in [2.24, 2.45) is 5.92 Å². The van der Waals surface area contributed by atoms with Crippen LogP contribution in [0.25, 0.3) is 0 Å². The van der Waals surface area contributed by atoms with Gasteiger partial charge in [-0.3, -0.25) is 9.97 Å². The molecule has 1 heterocycles. The molecular weight excluding hydrogens is 210 g/mol. The van der Waals surface area contributed by atoms with Crippen LogP contribution in [0.2, 0.25) is 0 Å². The summed E-state index contributed by atoms with van der Waals surface area (Å²) >= 11 is 0. The summed E-state index contributed by atoms with van der Waals surface area (Å²) in [6.45, 7) is 6.52. The maximum atomic E-state index is 4.43. The Morgan fingerprint density at radius 1 is 1.18 bits per heavy atom. The lowest BCUT2D eigenvalue weighted by Crippen LogP contribution is -2.35. The third-order valence-electron chi connectivity index (χ3n) is 3.95. The van der Waals surface area contributed by atoms with Gasteiger partial charge >= 0.3 is 0 Å². The van der Waals surface area contributed by atoms with Crippen LogP contribution >= 0.6 is 0 Å². The van der Waals surface area contributed by atoms with Crippen molar-refractivity contribution in [2.45, 2.75) is 58.5 Å². The number of aromatic nitrogens is 2. The van der Waals surface area contributed by atoms with Gasteiger partial charge < -0.3 is 5.32 Å². The van der Waals surface area contributed by atoms with E-state index in [9.17, 15) is 0 Å². The van der Waals surface area contributed by atoms with E-state index in [4.69, 9.17) is 0 Å². The molecule has 17 heavy (non-hydrogen) atoms. The summed E-state index contributed by atoms with van der Waals surface area (Å²) in [6, 6.07) is 0.869. The van der Waals surface area contributed by atoms with Crippen molar-refractivity contribution in [2.75, 3.05) is 0 Å². The Morgan fingerprint density at radius 3 is 2.47 bits per heavy atom. The van der Waals surface area contributed by atoms with Gasteiger partial charge in [0.15, 0.2) is 0 Å². The lowest BCUT2D eigenvalue weighted by atomic mass is 9.98. The summed E-state index contributed by atoms with van der Waals surface area (Å²) < 4.78 is 0. The van der Waals surface area contributed by atoms with Crippen LogP contribution in [0, 0.1) is 12.8 Å². The molecule has 1 N–H and O–H groups in total. The predicted octanol–water partition coefficient (Wildman–Crippen LogP) is 3.01. The molecule has 1 aromatic rings. The van der Waals surface area contributed by atoms with E-state index in [-0.39, 0.29) is 0 Å². The van der Waals surface area contributed by atoms with Crippen LogP contribution in [0.1, 0.15) is 57.0 Å². The van der Waals surface area contributed by atoms with Crippen molar-refractivity contribution >= 4 is 0 Å². The van der Waals surface area contributed by atoms with Crippen LogP contribution in [-0.2, 0) is 0 Å². The van der Waals surface area contributed by atoms with Crippen LogP contribution in [0.5, 0.6) is 0 Å². The van der Waals surface area contributed by atoms with Crippen LogP contribution in [0.4, 0.5) is 0 Å². The highest BCUT2D eigenvalue weighted by atomic mass is 15.0. The molecule has 1 fully saturated rings. The first-order chi connectivity index (χ1) is 8.18. The fraction of sp³-hybridized carbons (Fsp3) is 0.714. The molecule has 0 aromatic carbocycles. The number of nitrogens with one attached hydrogen (secondary N) is 1. The molecule has 0 saturated heterocycles. The lowest BCUT2D eigenvalue weighted by Gasteiger charge is -2.25. The Balaban J connectivity index is 1.96. The zero-order valence-electron chi connectivity index (χ0n) is 11.1. The quantitative estimate of drug-likeness (QED) is 0.868. The third-order valence-corrected chi connectivity index (χ3v) is 3.95. The first-order valence-electron chi connectivity index (χ1n) is 6.72. The van der Waals surface area contributed by atoms with Crippen molar-refractivity contribution in [3.8, 4) is 0 Å². The molecule has 3 nitrogen and oxygen atoms in total. The second kappa shape index (κ2) is 5.58. The third kappa shape index (κ3) is 3.03. The van der Waals surface area contributed by atoms with E-state index in [0.29, 0.717) is 12.1 Å². The van der Waals surface area contributed by atoms with Crippen LogP contribution < -0.4 is 5.32 Å². The lowest BCUT2D eigenvalue weighted by molar-refractivity contribution is 0.349. The average Bonchev–Trinajstić information content (AvgIpc) is 2.82. The van der Waals surface area contributed by atoms with Crippen molar-refractivity contribution in [1.29, 1.82) is 0 Å². The van der Waals surface area contributed by atoms with Gasteiger partial charge in [-0.15, -0.1) is 0 Å². The zero-order chi connectivity index (χ0) is 12.3. The van der Waals surface area contributed by atoms with Crippen molar-refractivity contribution in [1.82, 2.24) is 15.3 Å². The fourth-order valence-corrected chi connectivity index (χ4v) is 2.91. The summed E-state index contributed by atoms with van der Waals surface area (Å²) in [5.74, 6) is 0.842. The standard InChI is InChI=1S/C14H23N3/c1-10(13-6-4-5-7-13)17-12(3)14-11(2)15-8-9-16-14/h8-10,12-13,17H,4-7H2,1-3H3. The van der Waals surface area contributed by atoms with Crippen molar-refractivity contribution < 1.29 is 0 Å². The Morgan fingerprint density at radius 2 is 1.82 bits per heavy atom. The molecule has 3 heteroatoms. The van der Waals surface area contributed by atoms with E-state index >= 15 is 0 Å². The van der Waals surface area contributed by atoms with Crippen LogP contribution in [0.3, 0.4) is 0 Å². The topological polar surface area (TPSA) is 37.8 Å². The molecule has 0 spiro atoms. The zero-order valence-corrected chi connectivity index (χ0v) is 11.1. The van der Waals surface area contributed by atoms with Crippen molar-refractivity contribution in [3.05, 3.63) is 23.8 Å². The minimum absolute atomic E-state index is 0.291. The molecule has 1 saturated carbocycles. The summed E-state index contributed by atoms with van der Waals surface area (Å²) in [5.41, 5.74) is 2.11. The van der Waals surface area contributed by atoms with E-state index in [2.05, 4.69) is 29.1 Å². The fourth-order valence-electron chi connectivity index (χ4n) is 2.91. The minimum atomic E-state index is 0.291. The largest absolute Gasteiger partial charge is 0.306 e. The minimum Gasteiger partial charge on any atom is -0.306 e. The molecule has 0 radical (unpaired) electrons. The van der Waals surface area contributed by atoms with Gasteiger partial charge in [-0.05, 0) is 39.5 Å². The molecule has 1 aromatic heterocycles. The Kier molecular flexibility index (Phi) is 4.11. The smallest absolute Gasteiger partial charge is 0.0782 e. The second-order valence-corrected chi connectivity index (χ2v) is 5.25. The molecule has 1 aliphatic rings. The normalized spacial score (nSPS) is 20.4. The number of rotatable bonds is 4. The number of hydrogen-bond acceptors (Lipinski definition) is 3. The summed E-state index contributed by atoms with van der Waals surface area (Å²) in [7, 11) is 0. The number of aryl methyl sites for hydroxylation is 1. The second-order valence-electron chi connectivity index (χ2n) is 5.25. The van der Waals surface area contributed by atoms with E-state index in [0.717, 1.165) is 17.3 Å². The molecule has 1 aliphatic carbocycles. The van der Waals surface area contributed by atoms with Gasteiger partial charge in [-0.25, -0.2) is 0 Å². The van der Waals surface area contributed by atoms with Gasteiger partial charge in [0.1, 0.15) is 0 Å². The Labute approximate surface area is 104 Å². The Bertz CT molecular complexity index is 358. The van der Waals surface area contributed by atoms with Crippen LogP contribution in [-0.4, -0.2) is 16.0 Å². The van der Waals surface area contributed by atoms with Crippen LogP contribution in [0.15, 0.2) is 12.4 Å². The van der Waals surface area contributed by atoms with E-state index < -0.39 is 0 Å². The van der Waals surface area contributed by atoms with Gasteiger partial charge in [-0.1, -0.05) is 12.8 Å². The summed E-state index contributed by atoms with van der Waals surface area (Å²) in [6.07, 6.45) is 9.08. The van der Waals surface area contributed by atoms with Gasteiger partial charge in [0, 0.05) is 24.5 Å². The van der Waals surface area contributed by atoms with Gasteiger partial charge in [0.25, 0.3) is 0 Å². The molecule has 94 valence electrons. The predicted molar refractivity (Wildman–Crippen MR) is 69.7 cm³/mol. The van der Waals surface area contributed by atoms with Gasteiger partial charge in [-0.2, -0.15) is 0 Å². The molecule has 2 unspecified atom stereocenters. The Hall–Kier alpha value is -0.960. The van der Waals surface area contributed by atoms with E-state index in [1.54, 1.807) is 12.4 Å². The summed E-state index contributed by atoms with van der Waals surface area (Å²) in [4.78, 5) is 8.74. The van der Waals surface area contributed by atoms with E-state index in [1.807, 2.05) is 6.92 Å². The summed E-state index contributed by atoms with van der Waals surface area (Å²) in [5, 5.41) is 3.68. The number of nitrogens with zero attached hydrogens (tertiary/aromatic N) is 2. The first kappa shape index (κ1) is 12.5. The highest BCUT2D eigenvalue weighted by molar-refractivity contribution is 5.12. The van der Waals surface area contributed by atoms with Crippen molar-refractivity contribution in [3.63, 3.8) is 0 Å². The molecule has 0 aliphatic heterocycles. The molecular formula is C14H23N3. The first-order valence-corrected chi connectivity index (χ1v) is 6.72. The van der Waals surface area contributed by atoms with E-state index in [1.165, 1.54) is 25.7 Å².